The molecule has 0 aromatic heterocycles. The highest BCUT2D eigenvalue weighted by Crippen LogP contribution is 2.13. The third-order valence-electron chi connectivity index (χ3n) is 2.92. The van der Waals surface area contributed by atoms with Crippen LogP contribution in [0.15, 0.2) is 30.3 Å². The molecule has 1 amide bonds. The third kappa shape index (κ3) is 8.02. The minimum absolute atomic E-state index is 0.390. The molecule has 0 bridgehead atoms. The van der Waals surface area contributed by atoms with E-state index >= 15 is 0 Å². The predicted octanol–water partition coefficient (Wildman–Crippen LogP) is 3.45. The molecule has 128 valence electrons. The first-order valence-corrected chi connectivity index (χ1v) is 8.60. The van der Waals surface area contributed by atoms with Crippen molar-refractivity contribution in [2.75, 3.05) is 5.33 Å². The Morgan fingerprint density at radius 3 is 2.30 bits per heavy atom. The van der Waals surface area contributed by atoms with E-state index in [0.717, 1.165) is 5.56 Å². The molecule has 23 heavy (non-hydrogen) atoms. The van der Waals surface area contributed by atoms with Crippen LogP contribution in [0.2, 0.25) is 0 Å². The smallest absolute Gasteiger partial charge is 0.408 e. The number of hydrogen-bond donors (Lipinski definition) is 1. The molecular weight excluding hydrogens is 362 g/mol. The van der Waals surface area contributed by atoms with Crippen molar-refractivity contribution in [1.82, 2.24) is 5.32 Å². The molecule has 0 saturated heterocycles. The first-order valence-electron chi connectivity index (χ1n) is 7.48. The summed E-state index contributed by atoms with van der Waals surface area (Å²) in [7, 11) is 0. The number of alkyl halides is 1. The first kappa shape index (κ1) is 19.5. The SMILES string of the molecule is CC(=O)O[C@@H](CBr)[C@H](Cc1ccccc1)NC(=O)OC(C)(C)C. The van der Waals surface area contributed by atoms with Crippen molar-refractivity contribution in [1.29, 1.82) is 0 Å². The van der Waals surface area contributed by atoms with Crippen molar-refractivity contribution in [3.8, 4) is 0 Å². The molecule has 0 fully saturated rings. The van der Waals surface area contributed by atoms with E-state index in [1.807, 2.05) is 30.3 Å². The van der Waals surface area contributed by atoms with Crippen molar-refractivity contribution >= 4 is 28.0 Å². The minimum Gasteiger partial charge on any atom is -0.459 e. The molecule has 0 radical (unpaired) electrons. The van der Waals surface area contributed by atoms with Crippen LogP contribution in [-0.2, 0) is 20.7 Å². The zero-order valence-corrected chi connectivity index (χ0v) is 15.6. The van der Waals surface area contributed by atoms with Gasteiger partial charge in [-0.15, -0.1) is 0 Å². The van der Waals surface area contributed by atoms with Gasteiger partial charge in [0, 0.05) is 12.3 Å². The maximum absolute atomic E-state index is 12.1. The van der Waals surface area contributed by atoms with Gasteiger partial charge in [0.15, 0.2) is 0 Å². The molecule has 0 saturated carbocycles. The molecule has 1 rings (SSSR count). The molecule has 0 aliphatic rings. The largest absolute Gasteiger partial charge is 0.459 e. The van der Waals surface area contributed by atoms with E-state index in [9.17, 15) is 9.59 Å². The van der Waals surface area contributed by atoms with Crippen LogP contribution in [-0.4, -0.2) is 35.1 Å². The van der Waals surface area contributed by atoms with Crippen molar-refractivity contribution < 1.29 is 19.1 Å². The summed E-state index contributed by atoms with van der Waals surface area (Å²) in [5.41, 5.74) is 0.443. The van der Waals surface area contributed by atoms with Crippen LogP contribution in [0.25, 0.3) is 0 Å². The summed E-state index contributed by atoms with van der Waals surface area (Å²) >= 11 is 3.34. The number of halogens is 1. The van der Waals surface area contributed by atoms with Crippen molar-refractivity contribution in [2.45, 2.75) is 51.9 Å². The number of rotatable bonds is 6. The van der Waals surface area contributed by atoms with Crippen LogP contribution < -0.4 is 5.32 Å². The van der Waals surface area contributed by atoms with Gasteiger partial charge < -0.3 is 14.8 Å². The Kier molecular flexibility index (Phi) is 7.55. The second kappa shape index (κ2) is 8.91. The average molecular weight is 386 g/mol. The minimum atomic E-state index is -0.591. The third-order valence-corrected chi connectivity index (χ3v) is 3.56. The number of benzene rings is 1. The number of amides is 1. The van der Waals surface area contributed by atoms with Gasteiger partial charge in [-0.1, -0.05) is 46.3 Å². The predicted molar refractivity (Wildman–Crippen MR) is 92.7 cm³/mol. The summed E-state index contributed by atoms with van der Waals surface area (Å²) < 4.78 is 10.6. The van der Waals surface area contributed by atoms with E-state index in [1.54, 1.807) is 20.8 Å². The number of nitrogens with one attached hydrogen (secondary N) is 1. The van der Waals surface area contributed by atoms with E-state index in [1.165, 1.54) is 6.92 Å². The second-order valence-corrected chi connectivity index (χ2v) is 6.89. The summed E-state index contributed by atoms with van der Waals surface area (Å²) in [6.45, 7) is 6.75. The molecule has 0 aliphatic carbocycles. The molecular formula is C17H24BrNO4. The van der Waals surface area contributed by atoms with Crippen LogP contribution >= 0.6 is 15.9 Å². The van der Waals surface area contributed by atoms with Crippen LogP contribution in [0.4, 0.5) is 4.79 Å². The van der Waals surface area contributed by atoms with Crippen LogP contribution in [0.3, 0.4) is 0 Å². The van der Waals surface area contributed by atoms with Gasteiger partial charge >= 0.3 is 12.1 Å². The zero-order chi connectivity index (χ0) is 17.5. The molecule has 5 nitrogen and oxygen atoms in total. The van der Waals surface area contributed by atoms with Crippen LogP contribution in [0, 0.1) is 0 Å². The summed E-state index contributed by atoms with van der Waals surface area (Å²) in [6, 6.07) is 9.30. The Balaban J connectivity index is 2.86. The summed E-state index contributed by atoms with van der Waals surface area (Å²) in [4.78, 5) is 23.4. The van der Waals surface area contributed by atoms with Gasteiger partial charge in [-0.05, 0) is 32.8 Å². The molecule has 1 aromatic rings. The highest BCUT2D eigenvalue weighted by atomic mass is 79.9. The number of carbonyl (C=O) groups is 2. The lowest BCUT2D eigenvalue weighted by Crippen LogP contribution is -2.48. The molecule has 1 aromatic carbocycles. The molecule has 0 aliphatic heterocycles. The Labute approximate surface area is 145 Å². The van der Waals surface area contributed by atoms with Gasteiger partial charge in [-0.25, -0.2) is 4.79 Å². The van der Waals surface area contributed by atoms with Crippen molar-refractivity contribution in [3.05, 3.63) is 35.9 Å². The fraction of sp³-hybridized carbons (Fsp3) is 0.529. The summed E-state index contributed by atoms with van der Waals surface area (Å²) in [5.74, 6) is -0.390. The molecule has 1 N–H and O–H groups in total. The van der Waals surface area contributed by atoms with E-state index in [4.69, 9.17) is 9.47 Å². The quantitative estimate of drug-likeness (QED) is 0.601. The molecule has 2 atom stereocenters. The normalized spacial score (nSPS) is 13.8. The molecule has 0 spiro atoms. The Hall–Kier alpha value is -1.56. The maximum Gasteiger partial charge on any atom is 0.408 e. The Morgan fingerprint density at radius 1 is 1.22 bits per heavy atom. The van der Waals surface area contributed by atoms with Crippen LogP contribution in [0.5, 0.6) is 0 Å². The average Bonchev–Trinajstić information content (AvgIpc) is 2.43. The topological polar surface area (TPSA) is 64.6 Å². The first-order chi connectivity index (χ1) is 10.7. The lowest BCUT2D eigenvalue weighted by molar-refractivity contribution is -0.146. The standard InChI is InChI=1S/C17H24BrNO4/c1-12(20)22-15(11-18)14(10-13-8-6-5-7-9-13)19-16(21)23-17(2,3)4/h5-9,14-15H,10-11H2,1-4H3,(H,19,21)/t14-,15-/m0/s1. The van der Waals surface area contributed by atoms with Gasteiger partial charge in [-0.3, -0.25) is 4.79 Å². The van der Waals surface area contributed by atoms with Gasteiger partial charge in [0.25, 0.3) is 0 Å². The van der Waals surface area contributed by atoms with Gasteiger partial charge in [0.2, 0.25) is 0 Å². The van der Waals surface area contributed by atoms with E-state index < -0.39 is 29.8 Å². The van der Waals surface area contributed by atoms with Crippen molar-refractivity contribution in [2.24, 2.45) is 0 Å². The molecule has 6 heteroatoms. The van der Waals surface area contributed by atoms with Gasteiger partial charge in [0.05, 0.1) is 6.04 Å². The molecule has 0 heterocycles. The monoisotopic (exact) mass is 385 g/mol. The van der Waals surface area contributed by atoms with E-state index in [-0.39, 0.29) is 0 Å². The zero-order valence-electron chi connectivity index (χ0n) is 14.0. The number of ether oxygens (including phenoxy) is 2. The number of hydrogen-bond acceptors (Lipinski definition) is 4. The molecule has 0 unspecified atom stereocenters. The maximum atomic E-state index is 12.1. The van der Waals surface area contributed by atoms with E-state index in [2.05, 4.69) is 21.2 Å². The number of esters is 1. The fourth-order valence-electron chi connectivity index (χ4n) is 2.04. The lowest BCUT2D eigenvalue weighted by atomic mass is 10.0. The van der Waals surface area contributed by atoms with Crippen LogP contribution in [0.1, 0.15) is 33.3 Å². The van der Waals surface area contributed by atoms with Gasteiger partial charge in [0.1, 0.15) is 11.7 Å². The Morgan fingerprint density at radius 2 is 1.83 bits per heavy atom. The number of carbonyl (C=O) groups excluding carboxylic acids is 2. The van der Waals surface area contributed by atoms with Crippen molar-refractivity contribution in [3.63, 3.8) is 0 Å². The van der Waals surface area contributed by atoms with Gasteiger partial charge in [-0.2, -0.15) is 0 Å². The Bertz CT molecular complexity index is 513. The summed E-state index contributed by atoms with van der Waals surface area (Å²) in [5, 5.41) is 3.23. The fourth-order valence-corrected chi connectivity index (χ4v) is 2.62. The highest BCUT2D eigenvalue weighted by molar-refractivity contribution is 9.09. The number of alkyl carbamates (subject to hydrolysis) is 1. The highest BCUT2D eigenvalue weighted by Gasteiger charge is 2.27. The summed E-state index contributed by atoms with van der Waals surface area (Å²) in [6.07, 6.45) is -0.486. The lowest BCUT2D eigenvalue weighted by Gasteiger charge is -2.28. The van der Waals surface area contributed by atoms with E-state index in [0.29, 0.717) is 11.8 Å². The second-order valence-electron chi connectivity index (χ2n) is 6.24.